The van der Waals surface area contributed by atoms with Crippen LogP contribution in [-0.2, 0) is 19.0 Å². The number of halogens is 4. The zero-order valence-corrected chi connectivity index (χ0v) is 11.6. The van der Waals surface area contributed by atoms with Crippen molar-refractivity contribution in [2.45, 2.75) is 31.3 Å². The molecule has 108 valence electrons. The minimum atomic E-state index is -4.31. The summed E-state index contributed by atoms with van der Waals surface area (Å²) < 4.78 is 42.7. The number of hydrogen-bond acceptors (Lipinski definition) is 1. The highest BCUT2D eigenvalue weighted by atomic mass is 35.5. The topological polar surface area (TPSA) is 13.1 Å². The molecule has 0 saturated heterocycles. The predicted molar refractivity (Wildman–Crippen MR) is 71.8 cm³/mol. The summed E-state index contributed by atoms with van der Waals surface area (Å²) in [4.78, 5) is 0. The van der Waals surface area contributed by atoms with Gasteiger partial charge in [0.1, 0.15) is 5.76 Å². The van der Waals surface area contributed by atoms with E-state index in [1.807, 2.05) is 6.92 Å². The van der Waals surface area contributed by atoms with Crippen molar-refractivity contribution in [3.63, 3.8) is 0 Å². The molecule has 2 aromatic rings. The molecule has 20 heavy (non-hydrogen) atoms. The maximum absolute atomic E-state index is 12.5. The van der Waals surface area contributed by atoms with Crippen molar-refractivity contribution < 1.29 is 17.6 Å². The van der Waals surface area contributed by atoms with Crippen LogP contribution in [0.1, 0.15) is 34.8 Å². The first kappa shape index (κ1) is 15.0. The van der Waals surface area contributed by atoms with Crippen LogP contribution in [0, 0.1) is 0 Å². The van der Waals surface area contributed by atoms with Gasteiger partial charge in [-0.05, 0) is 30.2 Å². The van der Waals surface area contributed by atoms with Crippen molar-refractivity contribution in [3.05, 3.63) is 59.0 Å². The van der Waals surface area contributed by atoms with Gasteiger partial charge in [-0.1, -0.05) is 19.1 Å². The third-order valence-electron chi connectivity index (χ3n) is 3.13. The van der Waals surface area contributed by atoms with Gasteiger partial charge in [0.25, 0.3) is 0 Å². The van der Waals surface area contributed by atoms with Crippen molar-refractivity contribution in [2.24, 2.45) is 0 Å². The summed E-state index contributed by atoms with van der Waals surface area (Å²) in [5.41, 5.74) is 1.01. The Balaban J connectivity index is 2.10. The summed E-state index contributed by atoms with van der Waals surface area (Å²) in [5, 5.41) is -0.305. The molecule has 0 fully saturated rings. The summed E-state index contributed by atoms with van der Waals surface area (Å²) in [6, 6.07) is 6.89. The Labute approximate surface area is 120 Å². The van der Waals surface area contributed by atoms with Gasteiger partial charge in [-0.3, -0.25) is 0 Å². The van der Waals surface area contributed by atoms with Gasteiger partial charge < -0.3 is 4.42 Å². The number of hydrogen-bond donors (Lipinski definition) is 0. The number of benzene rings is 1. The second-order valence-corrected chi connectivity index (χ2v) is 5.05. The highest BCUT2D eigenvalue weighted by molar-refractivity contribution is 6.21. The molecule has 0 bridgehead atoms. The molecule has 0 saturated carbocycles. The largest absolute Gasteiger partial charge is 0.469 e. The van der Waals surface area contributed by atoms with Gasteiger partial charge in [0.05, 0.1) is 17.2 Å². The number of aryl methyl sites for hydroxylation is 1. The van der Waals surface area contributed by atoms with Crippen LogP contribution < -0.4 is 0 Å². The maximum Gasteiger partial charge on any atom is 0.416 e. The molecule has 0 spiro atoms. The normalized spacial score (nSPS) is 13.4. The van der Waals surface area contributed by atoms with E-state index in [0.29, 0.717) is 6.42 Å². The lowest BCUT2D eigenvalue weighted by molar-refractivity contribution is -0.137. The minimum Gasteiger partial charge on any atom is -0.469 e. The zero-order valence-electron chi connectivity index (χ0n) is 10.9. The molecular weight excluding hydrogens is 289 g/mol. The third kappa shape index (κ3) is 3.37. The molecule has 0 amide bonds. The molecule has 1 heterocycles. The second-order valence-electron chi connectivity index (χ2n) is 4.52. The van der Waals surface area contributed by atoms with Crippen LogP contribution >= 0.6 is 11.6 Å². The quantitative estimate of drug-likeness (QED) is 0.691. The zero-order chi connectivity index (χ0) is 14.8. The van der Waals surface area contributed by atoms with Gasteiger partial charge in [-0.15, -0.1) is 11.6 Å². The lowest BCUT2D eigenvalue weighted by atomic mass is 10.0. The fourth-order valence-electron chi connectivity index (χ4n) is 2.06. The highest BCUT2D eigenvalue weighted by Gasteiger charge is 2.30. The predicted octanol–water partition coefficient (Wildman–Crippen LogP) is 5.38. The molecular formula is C15H14ClF3O. The fraction of sp³-hybridized carbons (Fsp3) is 0.333. The standard InChI is InChI=1S/C15H14ClF3O/c1-2-14-12(7-8-20-14)13(16)9-10-3-5-11(6-4-10)15(17,18)19/h3-8,13H,2,9H2,1H3. The molecule has 1 unspecified atom stereocenters. The molecule has 1 nitrogen and oxygen atoms in total. The first-order chi connectivity index (χ1) is 9.41. The monoisotopic (exact) mass is 302 g/mol. The van der Waals surface area contributed by atoms with E-state index in [1.54, 1.807) is 12.3 Å². The van der Waals surface area contributed by atoms with Crippen LogP contribution in [0.4, 0.5) is 13.2 Å². The van der Waals surface area contributed by atoms with E-state index in [-0.39, 0.29) is 5.38 Å². The Morgan fingerprint density at radius 1 is 1.15 bits per heavy atom. The van der Waals surface area contributed by atoms with Crippen LogP contribution in [0.2, 0.25) is 0 Å². The lowest BCUT2D eigenvalue weighted by Gasteiger charge is -2.11. The average molecular weight is 303 g/mol. The van der Waals surface area contributed by atoms with E-state index in [4.69, 9.17) is 16.0 Å². The smallest absolute Gasteiger partial charge is 0.416 e. The van der Waals surface area contributed by atoms with E-state index >= 15 is 0 Å². The maximum atomic E-state index is 12.5. The summed E-state index contributed by atoms with van der Waals surface area (Å²) >= 11 is 6.31. The SMILES string of the molecule is CCc1occc1C(Cl)Cc1ccc(C(F)(F)F)cc1. The summed E-state index contributed by atoms with van der Waals surface area (Å²) in [6.45, 7) is 1.96. The molecule has 0 radical (unpaired) electrons. The van der Waals surface area contributed by atoms with Crippen molar-refractivity contribution in [3.8, 4) is 0 Å². The number of rotatable bonds is 4. The summed E-state index contributed by atoms with van der Waals surface area (Å²) in [6.07, 6.45) is -1.53. The Morgan fingerprint density at radius 3 is 2.35 bits per heavy atom. The fourth-order valence-corrected chi connectivity index (χ4v) is 2.44. The van der Waals surface area contributed by atoms with Gasteiger partial charge >= 0.3 is 6.18 Å². The van der Waals surface area contributed by atoms with Crippen LogP contribution in [0.3, 0.4) is 0 Å². The van der Waals surface area contributed by atoms with Gasteiger partial charge in [0.15, 0.2) is 0 Å². The molecule has 0 aliphatic rings. The van der Waals surface area contributed by atoms with Crippen molar-refractivity contribution in [1.29, 1.82) is 0 Å². The molecule has 0 aliphatic carbocycles. The van der Waals surface area contributed by atoms with E-state index in [1.165, 1.54) is 12.1 Å². The van der Waals surface area contributed by atoms with Crippen molar-refractivity contribution >= 4 is 11.6 Å². The van der Waals surface area contributed by atoms with Gasteiger partial charge in [0, 0.05) is 12.0 Å². The molecule has 0 aliphatic heterocycles. The molecule has 5 heteroatoms. The van der Waals surface area contributed by atoms with Crippen LogP contribution in [0.5, 0.6) is 0 Å². The Hall–Kier alpha value is -1.42. The van der Waals surface area contributed by atoms with Crippen LogP contribution in [0.15, 0.2) is 41.0 Å². The number of furan rings is 1. The van der Waals surface area contributed by atoms with E-state index in [9.17, 15) is 13.2 Å². The van der Waals surface area contributed by atoms with E-state index in [2.05, 4.69) is 0 Å². The summed E-state index contributed by atoms with van der Waals surface area (Å²) in [7, 11) is 0. The first-order valence-electron chi connectivity index (χ1n) is 6.28. The Kier molecular flexibility index (Phi) is 4.43. The third-order valence-corrected chi connectivity index (χ3v) is 3.52. The molecule has 1 aromatic carbocycles. The number of alkyl halides is 4. The van der Waals surface area contributed by atoms with Crippen molar-refractivity contribution in [2.75, 3.05) is 0 Å². The van der Waals surface area contributed by atoms with Gasteiger partial charge in [-0.2, -0.15) is 13.2 Å². The summed E-state index contributed by atoms with van der Waals surface area (Å²) in [5.74, 6) is 0.817. The average Bonchev–Trinajstić information content (AvgIpc) is 2.86. The molecule has 1 atom stereocenters. The van der Waals surface area contributed by atoms with E-state index < -0.39 is 11.7 Å². The molecule has 2 rings (SSSR count). The van der Waals surface area contributed by atoms with E-state index in [0.717, 1.165) is 35.4 Å². The van der Waals surface area contributed by atoms with Crippen LogP contribution in [0.25, 0.3) is 0 Å². The van der Waals surface area contributed by atoms with Gasteiger partial charge in [-0.25, -0.2) is 0 Å². The van der Waals surface area contributed by atoms with Gasteiger partial charge in [0.2, 0.25) is 0 Å². The Bertz CT molecular complexity index is 557. The molecule has 0 N–H and O–H groups in total. The van der Waals surface area contributed by atoms with Crippen molar-refractivity contribution in [1.82, 2.24) is 0 Å². The first-order valence-corrected chi connectivity index (χ1v) is 6.72. The highest BCUT2D eigenvalue weighted by Crippen LogP contribution is 2.32. The minimum absolute atomic E-state index is 0.305. The molecule has 1 aromatic heterocycles. The second kappa shape index (κ2) is 5.92. The lowest BCUT2D eigenvalue weighted by Crippen LogP contribution is -2.05. The van der Waals surface area contributed by atoms with Crippen LogP contribution in [-0.4, -0.2) is 0 Å². The Morgan fingerprint density at radius 2 is 1.80 bits per heavy atom.